The highest BCUT2D eigenvalue weighted by atomic mass is 32.1. The maximum absolute atomic E-state index is 5.56. The Bertz CT molecular complexity index is 103. The zero-order valence-corrected chi connectivity index (χ0v) is 7.60. The van der Waals surface area contributed by atoms with Crippen LogP contribution < -0.4 is 0 Å². The van der Waals surface area contributed by atoms with Gasteiger partial charge in [0.25, 0.3) is 0 Å². The number of hydrogen-bond donors (Lipinski definition) is 1. The van der Waals surface area contributed by atoms with E-state index in [-0.39, 0.29) is 0 Å². The molecule has 0 aromatic carbocycles. The van der Waals surface area contributed by atoms with E-state index in [9.17, 15) is 0 Å². The van der Waals surface area contributed by atoms with Crippen molar-refractivity contribution < 1.29 is 4.74 Å². The van der Waals surface area contributed by atoms with Gasteiger partial charge in [-0.1, -0.05) is 13.8 Å². The molecular formula is C8H16OS. The second-order valence-electron chi connectivity index (χ2n) is 3.33. The van der Waals surface area contributed by atoms with Gasteiger partial charge >= 0.3 is 0 Å². The van der Waals surface area contributed by atoms with Crippen molar-refractivity contribution in [3.8, 4) is 0 Å². The van der Waals surface area contributed by atoms with Crippen LogP contribution in [0, 0.1) is 5.92 Å². The van der Waals surface area contributed by atoms with Gasteiger partial charge in [0, 0.05) is 11.9 Å². The van der Waals surface area contributed by atoms with E-state index in [1.54, 1.807) is 0 Å². The Balaban J connectivity index is 2.32. The summed E-state index contributed by atoms with van der Waals surface area (Å²) < 4.78 is 5.56. The van der Waals surface area contributed by atoms with Gasteiger partial charge < -0.3 is 4.74 Å². The predicted octanol–water partition coefficient (Wildman–Crippen LogP) is 2.12. The normalized spacial score (nSPS) is 34.8. The van der Waals surface area contributed by atoms with Crippen LogP contribution in [-0.4, -0.2) is 18.0 Å². The molecule has 1 saturated heterocycles. The molecule has 1 fully saturated rings. The molecule has 1 aliphatic rings. The largest absolute Gasteiger partial charge is 0.378 e. The number of thiol groups is 1. The molecule has 10 heavy (non-hydrogen) atoms. The topological polar surface area (TPSA) is 9.23 Å². The summed E-state index contributed by atoms with van der Waals surface area (Å²) >= 11 is 4.44. The van der Waals surface area contributed by atoms with Gasteiger partial charge in [-0.3, -0.25) is 0 Å². The first kappa shape index (κ1) is 8.41. The minimum absolute atomic E-state index is 0.455. The second-order valence-corrected chi connectivity index (χ2v) is 4.06. The van der Waals surface area contributed by atoms with Crippen molar-refractivity contribution in [2.45, 2.75) is 38.0 Å². The first-order chi connectivity index (χ1) is 4.70. The summed E-state index contributed by atoms with van der Waals surface area (Å²) in [6, 6.07) is 0. The van der Waals surface area contributed by atoms with Crippen molar-refractivity contribution in [3.05, 3.63) is 0 Å². The average molecular weight is 160 g/mol. The molecular weight excluding hydrogens is 144 g/mol. The van der Waals surface area contributed by atoms with Crippen molar-refractivity contribution >= 4 is 12.6 Å². The summed E-state index contributed by atoms with van der Waals surface area (Å²) in [5, 5.41) is 0.571. The fourth-order valence-electron chi connectivity index (χ4n) is 1.27. The minimum atomic E-state index is 0.455. The van der Waals surface area contributed by atoms with E-state index in [1.165, 1.54) is 0 Å². The molecule has 0 amide bonds. The van der Waals surface area contributed by atoms with E-state index in [1.807, 2.05) is 0 Å². The van der Waals surface area contributed by atoms with Gasteiger partial charge in [-0.05, 0) is 18.8 Å². The fraction of sp³-hybridized carbons (Fsp3) is 1.00. The summed E-state index contributed by atoms with van der Waals surface area (Å²) in [6.07, 6.45) is 2.70. The molecule has 60 valence electrons. The van der Waals surface area contributed by atoms with Crippen LogP contribution >= 0.6 is 12.6 Å². The first-order valence-corrected chi connectivity index (χ1v) is 4.51. The van der Waals surface area contributed by atoms with Gasteiger partial charge in [-0.25, -0.2) is 0 Å². The van der Waals surface area contributed by atoms with Crippen molar-refractivity contribution in [3.63, 3.8) is 0 Å². The van der Waals surface area contributed by atoms with E-state index >= 15 is 0 Å². The lowest BCUT2D eigenvalue weighted by Gasteiger charge is -2.29. The monoisotopic (exact) mass is 160 g/mol. The Morgan fingerprint density at radius 1 is 1.50 bits per heavy atom. The molecule has 0 saturated carbocycles. The summed E-state index contributed by atoms with van der Waals surface area (Å²) in [7, 11) is 0. The van der Waals surface area contributed by atoms with Crippen LogP contribution in [0.3, 0.4) is 0 Å². The molecule has 1 heterocycles. The minimum Gasteiger partial charge on any atom is -0.378 e. The van der Waals surface area contributed by atoms with Crippen molar-refractivity contribution in [1.29, 1.82) is 0 Å². The van der Waals surface area contributed by atoms with Crippen molar-refractivity contribution in [2.75, 3.05) is 6.61 Å². The third-order valence-corrected chi connectivity index (χ3v) is 2.50. The molecule has 0 aliphatic carbocycles. The molecule has 0 aromatic heterocycles. The maximum atomic E-state index is 5.56. The van der Waals surface area contributed by atoms with Crippen LogP contribution in [0.15, 0.2) is 0 Å². The molecule has 0 aromatic rings. The third-order valence-electron chi connectivity index (χ3n) is 2.03. The Morgan fingerprint density at radius 3 is 2.60 bits per heavy atom. The zero-order valence-electron chi connectivity index (χ0n) is 6.71. The third kappa shape index (κ3) is 2.17. The molecule has 0 spiro atoms. The highest BCUT2D eigenvalue weighted by Gasteiger charge is 2.22. The first-order valence-electron chi connectivity index (χ1n) is 4.00. The van der Waals surface area contributed by atoms with Crippen LogP contribution in [0.1, 0.15) is 26.7 Å². The Kier molecular flexibility index (Phi) is 3.05. The lowest BCUT2D eigenvalue weighted by atomic mass is 9.99. The quantitative estimate of drug-likeness (QED) is 0.578. The standard InChI is InChI=1S/C8H16OS/c1-6(2)8-5-7(10)3-4-9-8/h6-8,10H,3-5H2,1-2H3. The Morgan fingerprint density at radius 2 is 2.20 bits per heavy atom. The van der Waals surface area contributed by atoms with E-state index in [0.29, 0.717) is 17.3 Å². The Hall–Kier alpha value is 0.310. The molecule has 2 unspecified atom stereocenters. The maximum Gasteiger partial charge on any atom is 0.0608 e. The van der Waals surface area contributed by atoms with Crippen LogP contribution in [0.25, 0.3) is 0 Å². The molecule has 1 nitrogen and oxygen atoms in total. The number of hydrogen-bond acceptors (Lipinski definition) is 2. The van der Waals surface area contributed by atoms with Gasteiger partial charge in [0.2, 0.25) is 0 Å². The van der Waals surface area contributed by atoms with Crippen molar-refractivity contribution in [2.24, 2.45) is 5.92 Å². The van der Waals surface area contributed by atoms with Gasteiger partial charge in [0.15, 0.2) is 0 Å². The lowest BCUT2D eigenvalue weighted by molar-refractivity contribution is -0.00869. The SMILES string of the molecule is CC(C)C1CC(S)CCO1. The second kappa shape index (κ2) is 3.63. The highest BCUT2D eigenvalue weighted by molar-refractivity contribution is 7.80. The number of rotatable bonds is 1. The summed E-state index contributed by atoms with van der Waals surface area (Å²) in [5.74, 6) is 0.648. The van der Waals surface area contributed by atoms with E-state index in [4.69, 9.17) is 4.74 Å². The lowest BCUT2D eigenvalue weighted by Crippen LogP contribution is -2.30. The molecule has 0 radical (unpaired) electrons. The number of ether oxygens (including phenoxy) is 1. The molecule has 2 atom stereocenters. The molecule has 0 N–H and O–H groups in total. The van der Waals surface area contributed by atoms with Crippen LogP contribution in [0.2, 0.25) is 0 Å². The Labute approximate surface area is 68.6 Å². The zero-order chi connectivity index (χ0) is 7.56. The van der Waals surface area contributed by atoms with Crippen LogP contribution in [0.5, 0.6) is 0 Å². The molecule has 0 bridgehead atoms. The van der Waals surface area contributed by atoms with Gasteiger partial charge in [0.1, 0.15) is 0 Å². The van der Waals surface area contributed by atoms with Gasteiger partial charge in [-0.15, -0.1) is 0 Å². The summed E-state index contributed by atoms with van der Waals surface area (Å²) in [4.78, 5) is 0. The van der Waals surface area contributed by atoms with Crippen molar-refractivity contribution in [1.82, 2.24) is 0 Å². The van der Waals surface area contributed by atoms with Crippen LogP contribution in [-0.2, 0) is 4.74 Å². The predicted molar refractivity (Wildman–Crippen MR) is 46.6 cm³/mol. The average Bonchev–Trinajstić information content (AvgIpc) is 1.88. The van der Waals surface area contributed by atoms with E-state index < -0.39 is 0 Å². The molecule has 1 aliphatic heterocycles. The highest BCUT2D eigenvalue weighted by Crippen LogP contribution is 2.22. The summed E-state index contributed by atoms with van der Waals surface area (Å²) in [5.41, 5.74) is 0. The van der Waals surface area contributed by atoms with E-state index in [0.717, 1.165) is 19.4 Å². The van der Waals surface area contributed by atoms with E-state index in [2.05, 4.69) is 26.5 Å². The summed E-state index contributed by atoms with van der Waals surface area (Å²) in [6.45, 7) is 5.31. The smallest absolute Gasteiger partial charge is 0.0608 e. The molecule has 1 rings (SSSR count). The molecule has 2 heteroatoms. The van der Waals surface area contributed by atoms with Gasteiger partial charge in [-0.2, -0.15) is 12.6 Å². The fourth-order valence-corrected chi connectivity index (χ4v) is 1.59. The van der Waals surface area contributed by atoms with Gasteiger partial charge in [0.05, 0.1) is 6.10 Å². The van der Waals surface area contributed by atoms with Crippen LogP contribution in [0.4, 0.5) is 0 Å².